The summed E-state index contributed by atoms with van der Waals surface area (Å²) in [5, 5.41) is 0. The van der Waals surface area contributed by atoms with Crippen LogP contribution in [0.2, 0.25) is 0 Å². The van der Waals surface area contributed by atoms with Crippen LogP contribution >= 0.6 is 0 Å². The van der Waals surface area contributed by atoms with Crippen molar-refractivity contribution >= 4 is 5.97 Å². The fourth-order valence-corrected chi connectivity index (χ4v) is 11.3. The van der Waals surface area contributed by atoms with Crippen LogP contribution in [-0.4, -0.2) is 37.7 Å². The number of esters is 1. The van der Waals surface area contributed by atoms with Gasteiger partial charge < -0.3 is 18.9 Å². The van der Waals surface area contributed by atoms with E-state index in [1.54, 1.807) is 7.11 Å². The summed E-state index contributed by atoms with van der Waals surface area (Å²) >= 11 is 0. The maximum atomic E-state index is 12.9. The van der Waals surface area contributed by atoms with Gasteiger partial charge in [-0.25, -0.2) is 4.79 Å². The lowest BCUT2D eigenvalue weighted by Crippen LogP contribution is -2.55. The lowest BCUT2D eigenvalue weighted by atomic mass is 9.44. The molecule has 2 saturated heterocycles. The SMILES string of the molecule is COc1ccc(C(=O)O[C@@H]2CC[C@@]3(C)[C@H](CC[C@H]4[C@H]5C[C@@H]6O[C@@]7(CC[C@H](C)CO7)[C@@H](C)[C@H]6[C@@]5(C)CC[C@@H]43)C2)cc1. The summed E-state index contributed by atoms with van der Waals surface area (Å²) in [5.41, 5.74) is 1.35. The van der Waals surface area contributed by atoms with Crippen LogP contribution in [0, 0.1) is 52.3 Å². The minimum atomic E-state index is -0.321. The van der Waals surface area contributed by atoms with E-state index in [9.17, 15) is 4.79 Å². The molecule has 6 aliphatic rings. The van der Waals surface area contributed by atoms with Gasteiger partial charge in [-0.15, -0.1) is 0 Å². The minimum absolute atomic E-state index is 0.0348. The summed E-state index contributed by atoms with van der Waals surface area (Å²) in [6, 6.07) is 7.28. The van der Waals surface area contributed by atoms with Gasteiger partial charge in [-0.1, -0.05) is 27.7 Å². The Labute approximate surface area is 241 Å². The number of methoxy groups -OCH3 is 1. The Bertz CT molecular complexity index is 1110. The Morgan fingerprint density at radius 2 is 1.68 bits per heavy atom. The van der Waals surface area contributed by atoms with Gasteiger partial charge in [0.15, 0.2) is 5.79 Å². The summed E-state index contributed by atoms with van der Waals surface area (Å²) in [4.78, 5) is 12.9. The first-order valence-corrected chi connectivity index (χ1v) is 16.3. The Kier molecular flexibility index (Phi) is 6.63. The summed E-state index contributed by atoms with van der Waals surface area (Å²) in [5.74, 6) is 5.03. The Hall–Kier alpha value is -1.59. The van der Waals surface area contributed by atoms with E-state index >= 15 is 0 Å². The van der Waals surface area contributed by atoms with E-state index in [4.69, 9.17) is 18.9 Å². The third-order valence-corrected chi connectivity index (χ3v) is 13.5. The predicted molar refractivity (Wildman–Crippen MR) is 154 cm³/mol. The molecule has 1 aromatic carbocycles. The van der Waals surface area contributed by atoms with Crippen molar-refractivity contribution < 1.29 is 23.7 Å². The van der Waals surface area contributed by atoms with Crippen LogP contribution in [0.4, 0.5) is 0 Å². The van der Waals surface area contributed by atoms with Gasteiger partial charge in [-0.05, 0) is 128 Å². The van der Waals surface area contributed by atoms with E-state index in [1.165, 1.54) is 44.9 Å². The first-order valence-electron chi connectivity index (χ1n) is 16.3. The number of ether oxygens (including phenoxy) is 4. The number of carbonyl (C=O) groups is 1. The molecule has 6 fully saturated rings. The van der Waals surface area contributed by atoms with E-state index in [1.807, 2.05) is 24.3 Å². The van der Waals surface area contributed by atoms with E-state index in [0.717, 1.165) is 49.4 Å². The molecule has 220 valence electrons. The predicted octanol–water partition coefficient (Wildman–Crippen LogP) is 7.67. The van der Waals surface area contributed by atoms with Gasteiger partial charge in [0.25, 0.3) is 0 Å². The van der Waals surface area contributed by atoms with Crippen molar-refractivity contribution in [1.82, 2.24) is 0 Å². The molecule has 5 heteroatoms. The Morgan fingerprint density at radius 3 is 2.40 bits per heavy atom. The van der Waals surface area contributed by atoms with E-state index in [0.29, 0.717) is 46.2 Å². The van der Waals surface area contributed by atoms with Crippen molar-refractivity contribution in [3.63, 3.8) is 0 Å². The fourth-order valence-electron chi connectivity index (χ4n) is 11.3. The van der Waals surface area contributed by atoms with Gasteiger partial charge in [-0.3, -0.25) is 0 Å². The molecule has 0 bridgehead atoms. The molecule has 12 atom stereocenters. The molecular weight excluding hydrogens is 500 g/mol. The van der Waals surface area contributed by atoms with Crippen molar-refractivity contribution in [2.24, 2.45) is 52.3 Å². The second-order valence-corrected chi connectivity index (χ2v) is 15.2. The molecule has 5 nitrogen and oxygen atoms in total. The first kappa shape index (κ1) is 27.3. The zero-order valence-corrected chi connectivity index (χ0v) is 25.3. The van der Waals surface area contributed by atoms with Crippen LogP contribution < -0.4 is 4.74 Å². The van der Waals surface area contributed by atoms with Crippen molar-refractivity contribution in [1.29, 1.82) is 0 Å². The molecular formula is C35H50O5. The van der Waals surface area contributed by atoms with Crippen molar-refractivity contribution in [2.75, 3.05) is 13.7 Å². The fraction of sp³-hybridized carbons (Fsp3) is 0.800. The molecule has 40 heavy (non-hydrogen) atoms. The number of hydrogen-bond acceptors (Lipinski definition) is 5. The molecule has 0 N–H and O–H groups in total. The van der Waals surface area contributed by atoms with E-state index in [2.05, 4.69) is 27.7 Å². The van der Waals surface area contributed by atoms with Crippen molar-refractivity contribution in [3.05, 3.63) is 29.8 Å². The molecule has 0 unspecified atom stereocenters. The van der Waals surface area contributed by atoms with Gasteiger partial charge in [0.2, 0.25) is 0 Å². The van der Waals surface area contributed by atoms with Crippen LogP contribution in [0.5, 0.6) is 5.75 Å². The average Bonchev–Trinajstić information content (AvgIpc) is 3.40. The van der Waals surface area contributed by atoms with Gasteiger partial charge in [0.1, 0.15) is 11.9 Å². The number of hydrogen-bond donors (Lipinski definition) is 0. The van der Waals surface area contributed by atoms with Gasteiger partial charge >= 0.3 is 5.97 Å². The average molecular weight is 551 g/mol. The molecule has 0 radical (unpaired) electrons. The quantitative estimate of drug-likeness (QED) is 0.362. The Morgan fingerprint density at radius 1 is 0.900 bits per heavy atom. The van der Waals surface area contributed by atoms with Gasteiger partial charge in [0, 0.05) is 12.3 Å². The van der Waals surface area contributed by atoms with Crippen LogP contribution in [0.1, 0.15) is 102 Å². The van der Waals surface area contributed by atoms with Crippen LogP contribution in [0.25, 0.3) is 0 Å². The molecule has 2 aliphatic heterocycles. The largest absolute Gasteiger partial charge is 0.497 e. The second kappa shape index (κ2) is 9.73. The molecule has 0 aromatic heterocycles. The van der Waals surface area contributed by atoms with Gasteiger partial charge in [0.05, 0.1) is 25.4 Å². The smallest absolute Gasteiger partial charge is 0.338 e. The van der Waals surface area contributed by atoms with Crippen molar-refractivity contribution in [2.45, 2.75) is 110 Å². The zero-order valence-electron chi connectivity index (χ0n) is 25.3. The summed E-state index contributed by atoms with van der Waals surface area (Å²) in [7, 11) is 1.64. The molecule has 4 saturated carbocycles. The van der Waals surface area contributed by atoms with Crippen LogP contribution in [0.3, 0.4) is 0 Å². The second-order valence-electron chi connectivity index (χ2n) is 15.2. The first-order chi connectivity index (χ1) is 19.2. The monoisotopic (exact) mass is 550 g/mol. The molecule has 1 spiro atoms. The summed E-state index contributed by atoms with van der Waals surface area (Å²) in [6.45, 7) is 10.8. The maximum absolute atomic E-state index is 12.9. The highest BCUT2D eigenvalue weighted by molar-refractivity contribution is 5.89. The third kappa shape index (κ3) is 4.03. The highest BCUT2D eigenvalue weighted by atomic mass is 16.7. The summed E-state index contributed by atoms with van der Waals surface area (Å²) < 4.78 is 24.8. The molecule has 1 aromatic rings. The van der Waals surface area contributed by atoms with Crippen molar-refractivity contribution in [3.8, 4) is 5.75 Å². The van der Waals surface area contributed by atoms with Crippen LogP contribution in [-0.2, 0) is 14.2 Å². The third-order valence-electron chi connectivity index (χ3n) is 13.5. The number of fused-ring (bicyclic) bond motifs is 7. The Balaban J connectivity index is 1.03. The molecule has 0 amide bonds. The minimum Gasteiger partial charge on any atom is -0.497 e. The lowest BCUT2D eigenvalue weighted by Gasteiger charge is -2.61. The van der Waals surface area contributed by atoms with E-state index < -0.39 is 0 Å². The lowest BCUT2D eigenvalue weighted by molar-refractivity contribution is -0.273. The number of benzene rings is 1. The van der Waals surface area contributed by atoms with Gasteiger partial charge in [-0.2, -0.15) is 0 Å². The standard InChI is InChI=1S/C35H50O5/c1-21-12-17-35(38-20-21)22(2)31-30(40-35)19-29-27-11-8-24-18-26(39-32(36)23-6-9-25(37-5)10-7-23)13-15-33(24,3)28(27)14-16-34(29,31)4/h6-7,9-10,21-22,24,26-31H,8,11-20H2,1-5H3/t21-,22-,24+,26+,27+,28-,29+,30-,31+,33-,34-,35-/m0/s1. The number of carbonyl (C=O) groups excluding carboxylic acids is 1. The highest BCUT2D eigenvalue weighted by Gasteiger charge is 2.69. The molecule has 7 rings (SSSR count). The zero-order chi connectivity index (χ0) is 27.9. The normalized spacial score (nSPS) is 49.5. The van der Waals surface area contributed by atoms with Crippen LogP contribution in [0.15, 0.2) is 24.3 Å². The molecule has 2 heterocycles. The summed E-state index contributed by atoms with van der Waals surface area (Å²) in [6.07, 6.45) is 12.4. The van der Waals surface area contributed by atoms with E-state index in [-0.39, 0.29) is 17.9 Å². The topological polar surface area (TPSA) is 54.0 Å². The highest BCUT2D eigenvalue weighted by Crippen LogP contribution is 2.71. The maximum Gasteiger partial charge on any atom is 0.338 e. The number of rotatable bonds is 3. The molecule has 4 aliphatic carbocycles.